The van der Waals surface area contributed by atoms with Crippen LogP contribution >= 0.6 is 12.4 Å². The number of halogens is 1. The van der Waals surface area contributed by atoms with Gasteiger partial charge in [0, 0.05) is 18.2 Å². The molecule has 20 heavy (non-hydrogen) atoms. The topological polar surface area (TPSA) is 50.4 Å². The molecule has 0 radical (unpaired) electrons. The van der Waals surface area contributed by atoms with Gasteiger partial charge in [0.1, 0.15) is 0 Å². The number of benzene rings is 1. The highest BCUT2D eigenvalue weighted by Crippen LogP contribution is 2.17. The van der Waals surface area contributed by atoms with Gasteiger partial charge in [0.25, 0.3) is 0 Å². The molecule has 1 fully saturated rings. The highest BCUT2D eigenvalue weighted by atomic mass is 35.5. The number of anilines is 1. The molecule has 112 valence electrons. The average Bonchev–Trinajstić information content (AvgIpc) is 2.46. The normalized spacial score (nSPS) is 15.4. The van der Waals surface area contributed by atoms with E-state index in [4.69, 9.17) is 4.74 Å². The maximum atomic E-state index is 12.1. The molecule has 1 aliphatic heterocycles. The van der Waals surface area contributed by atoms with E-state index in [2.05, 4.69) is 10.6 Å². The highest BCUT2D eigenvalue weighted by molar-refractivity contribution is 5.92. The fourth-order valence-corrected chi connectivity index (χ4v) is 2.29. The SMILES string of the molecule is CCOCc1cccc(NC(=O)C2CCNCC2)c1.Cl. The predicted octanol–water partition coefficient (Wildman–Crippen LogP) is 2.58. The van der Waals surface area contributed by atoms with E-state index in [0.29, 0.717) is 13.2 Å². The molecule has 0 unspecified atom stereocenters. The van der Waals surface area contributed by atoms with Crippen molar-refractivity contribution in [3.05, 3.63) is 29.8 Å². The molecule has 1 saturated heterocycles. The second-order valence-electron chi connectivity index (χ2n) is 4.85. The van der Waals surface area contributed by atoms with Gasteiger partial charge >= 0.3 is 0 Å². The first-order valence-corrected chi connectivity index (χ1v) is 6.98. The van der Waals surface area contributed by atoms with Crippen molar-refractivity contribution < 1.29 is 9.53 Å². The van der Waals surface area contributed by atoms with Crippen LogP contribution in [0.1, 0.15) is 25.3 Å². The minimum Gasteiger partial charge on any atom is -0.377 e. The van der Waals surface area contributed by atoms with Crippen LogP contribution in [0.5, 0.6) is 0 Å². The lowest BCUT2D eigenvalue weighted by atomic mass is 9.97. The van der Waals surface area contributed by atoms with Crippen LogP contribution in [0.3, 0.4) is 0 Å². The first kappa shape index (κ1) is 17.0. The molecular weight excluding hydrogens is 276 g/mol. The Hall–Kier alpha value is -1.10. The van der Waals surface area contributed by atoms with Crippen molar-refractivity contribution in [3.63, 3.8) is 0 Å². The first-order valence-electron chi connectivity index (χ1n) is 6.98. The summed E-state index contributed by atoms with van der Waals surface area (Å²) in [6, 6.07) is 7.87. The summed E-state index contributed by atoms with van der Waals surface area (Å²) in [6.45, 7) is 5.13. The average molecular weight is 299 g/mol. The molecule has 1 aromatic rings. The number of rotatable bonds is 5. The molecule has 1 amide bonds. The number of ether oxygens (including phenoxy) is 1. The van der Waals surface area contributed by atoms with Crippen LogP contribution in [0.4, 0.5) is 5.69 Å². The van der Waals surface area contributed by atoms with Crippen molar-refractivity contribution in [1.82, 2.24) is 5.32 Å². The summed E-state index contributed by atoms with van der Waals surface area (Å²) in [5.74, 6) is 0.270. The minimum absolute atomic E-state index is 0. The number of carbonyl (C=O) groups is 1. The fraction of sp³-hybridized carbons (Fsp3) is 0.533. The Morgan fingerprint density at radius 3 is 2.85 bits per heavy atom. The zero-order chi connectivity index (χ0) is 13.5. The van der Waals surface area contributed by atoms with Gasteiger partial charge in [-0.05, 0) is 50.6 Å². The molecule has 0 atom stereocenters. The Morgan fingerprint density at radius 2 is 2.15 bits per heavy atom. The van der Waals surface area contributed by atoms with Crippen LogP contribution in [0.2, 0.25) is 0 Å². The molecule has 0 bridgehead atoms. The van der Waals surface area contributed by atoms with Gasteiger partial charge in [-0.1, -0.05) is 12.1 Å². The number of hydrogen-bond donors (Lipinski definition) is 2. The van der Waals surface area contributed by atoms with Gasteiger partial charge in [-0.25, -0.2) is 0 Å². The molecule has 0 saturated carbocycles. The van der Waals surface area contributed by atoms with Gasteiger partial charge < -0.3 is 15.4 Å². The van der Waals surface area contributed by atoms with E-state index in [1.807, 2.05) is 31.2 Å². The maximum Gasteiger partial charge on any atom is 0.227 e. The zero-order valence-corrected chi connectivity index (χ0v) is 12.7. The Labute approximate surface area is 126 Å². The lowest BCUT2D eigenvalue weighted by Gasteiger charge is -2.21. The van der Waals surface area contributed by atoms with Gasteiger partial charge in [-0.2, -0.15) is 0 Å². The standard InChI is InChI=1S/C15H22N2O2.ClH/c1-2-19-11-12-4-3-5-14(10-12)17-15(18)13-6-8-16-9-7-13;/h3-5,10,13,16H,2,6-9,11H2,1H3,(H,17,18);1H. The molecule has 1 heterocycles. The van der Waals surface area contributed by atoms with Crippen LogP contribution in [0.25, 0.3) is 0 Å². The largest absolute Gasteiger partial charge is 0.377 e. The molecule has 4 nitrogen and oxygen atoms in total. The number of nitrogens with one attached hydrogen (secondary N) is 2. The Kier molecular flexibility index (Phi) is 7.59. The molecule has 5 heteroatoms. The molecular formula is C15H23ClN2O2. The number of piperidine rings is 1. The molecule has 1 aromatic carbocycles. The van der Waals surface area contributed by atoms with Crippen molar-refractivity contribution in [2.75, 3.05) is 25.0 Å². The second kappa shape index (κ2) is 8.95. The minimum atomic E-state index is 0. The summed E-state index contributed by atoms with van der Waals surface area (Å²) in [7, 11) is 0. The summed E-state index contributed by atoms with van der Waals surface area (Å²) >= 11 is 0. The van der Waals surface area contributed by atoms with Crippen LogP contribution < -0.4 is 10.6 Å². The lowest BCUT2D eigenvalue weighted by molar-refractivity contribution is -0.120. The van der Waals surface area contributed by atoms with Gasteiger partial charge in [0.05, 0.1) is 6.61 Å². The van der Waals surface area contributed by atoms with E-state index in [9.17, 15) is 4.79 Å². The van der Waals surface area contributed by atoms with Gasteiger partial charge in [-0.3, -0.25) is 4.79 Å². The summed E-state index contributed by atoms with van der Waals surface area (Å²) in [5, 5.41) is 6.28. The Morgan fingerprint density at radius 1 is 1.40 bits per heavy atom. The lowest BCUT2D eigenvalue weighted by Crippen LogP contribution is -2.34. The number of hydrogen-bond acceptors (Lipinski definition) is 3. The van der Waals surface area contributed by atoms with Crippen molar-refractivity contribution in [1.29, 1.82) is 0 Å². The molecule has 1 aliphatic rings. The van der Waals surface area contributed by atoms with Crippen molar-refractivity contribution in [2.45, 2.75) is 26.4 Å². The van der Waals surface area contributed by atoms with Crippen LogP contribution in [0.15, 0.2) is 24.3 Å². The van der Waals surface area contributed by atoms with E-state index in [1.54, 1.807) is 0 Å². The van der Waals surface area contributed by atoms with E-state index < -0.39 is 0 Å². The third-order valence-electron chi connectivity index (χ3n) is 3.38. The Balaban J connectivity index is 0.00000200. The third kappa shape index (κ3) is 5.12. The van der Waals surface area contributed by atoms with E-state index in [0.717, 1.165) is 37.2 Å². The van der Waals surface area contributed by atoms with Crippen molar-refractivity contribution in [3.8, 4) is 0 Å². The van der Waals surface area contributed by atoms with E-state index >= 15 is 0 Å². The highest BCUT2D eigenvalue weighted by Gasteiger charge is 2.20. The monoisotopic (exact) mass is 298 g/mol. The molecule has 0 aliphatic carbocycles. The summed E-state index contributed by atoms with van der Waals surface area (Å²) in [6.07, 6.45) is 1.84. The van der Waals surface area contributed by atoms with E-state index in [-0.39, 0.29) is 24.2 Å². The number of carbonyl (C=O) groups excluding carboxylic acids is 1. The van der Waals surface area contributed by atoms with E-state index in [1.165, 1.54) is 0 Å². The summed E-state index contributed by atoms with van der Waals surface area (Å²) < 4.78 is 5.37. The smallest absolute Gasteiger partial charge is 0.227 e. The van der Waals surface area contributed by atoms with Gasteiger partial charge in [-0.15, -0.1) is 12.4 Å². The zero-order valence-electron chi connectivity index (χ0n) is 11.9. The summed E-state index contributed by atoms with van der Waals surface area (Å²) in [5.41, 5.74) is 1.95. The van der Waals surface area contributed by atoms with Crippen molar-refractivity contribution >= 4 is 24.0 Å². The predicted molar refractivity (Wildman–Crippen MR) is 83.2 cm³/mol. The first-order chi connectivity index (χ1) is 9.29. The van der Waals surface area contributed by atoms with Crippen LogP contribution in [-0.4, -0.2) is 25.6 Å². The molecule has 0 aromatic heterocycles. The second-order valence-corrected chi connectivity index (χ2v) is 4.85. The molecule has 2 N–H and O–H groups in total. The van der Waals surface area contributed by atoms with Gasteiger partial charge in [0.2, 0.25) is 5.91 Å². The molecule has 2 rings (SSSR count). The van der Waals surface area contributed by atoms with Crippen molar-refractivity contribution in [2.24, 2.45) is 5.92 Å². The third-order valence-corrected chi connectivity index (χ3v) is 3.38. The maximum absolute atomic E-state index is 12.1. The fourth-order valence-electron chi connectivity index (χ4n) is 2.29. The quantitative estimate of drug-likeness (QED) is 0.878. The van der Waals surface area contributed by atoms with Crippen LogP contribution in [0, 0.1) is 5.92 Å². The van der Waals surface area contributed by atoms with Gasteiger partial charge in [0.15, 0.2) is 0 Å². The summed E-state index contributed by atoms with van der Waals surface area (Å²) in [4.78, 5) is 12.1. The Bertz CT molecular complexity index is 420. The molecule has 0 spiro atoms. The number of amides is 1. The van der Waals surface area contributed by atoms with Crippen LogP contribution in [-0.2, 0) is 16.1 Å².